The molecule has 30 heavy (non-hydrogen) atoms. The number of halogens is 4. The lowest BCUT2D eigenvalue weighted by Crippen LogP contribution is -2.41. The van der Waals surface area contributed by atoms with Crippen LogP contribution >= 0.6 is 11.6 Å². The molecular weight excluding hydrogens is 417 g/mol. The zero-order chi connectivity index (χ0) is 22.2. The van der Waals surface area contributed by atoms with Crippen molar-refractivity contribution in [3.63, 3.8) is 0 Å². The minimum absolute atomic E-state index is 0.305. The van der Waals surface area contributed by atoms with Gasteiger partial charge in [-0.2, -0.15) is 0 Å². The van der Waals surface area contributed by atoms with Gasteiger partial charge in [-0.25, -0.2) is 9.97 Å². The molecule has 0 saturated heterocycles. The standard InChI is InChI=1S/C22H20ClF3N2O2/c1-20(2,3)21(29,16-11-27-13-28-12-16)18-9-6-15(10-19(18)23)14-4-7-17(8-5-14)30-22(24,25)26/h4-13,29H,1-3H3. The Balaban J connectivity index is 2.00. The second kappa shape index (κ2) is 7.89. The minimum atomic E-state index is -4.75. The predicted molar refractivity (Wildman–Crippen MR) is 108 cm³/mol. The van der Waals surface area contributed by atoms with E-state index in [1.54, 1.807) is 30.6 Å². The Morgan fingerprint density at radius 1 is 0.900 bits per heavy atom. The number of alkyl halides is 3. The van der Waals surface area contributed by atoms with Crippen molar-refractivity contribution >= 4 is 11.6 Å². The Bertz CT molecular complexity index is 1020. The highest BCUT2D eigenvalue weighted by molar-refractivity contribution is 6.31. The third kappa shape index (κ3) is 4.42. The summed E-state index contributed by atoms with van der Waals surface area (Å²) in [5.74, 6) is -0.305. The topological polar surface area (TPSA) is 55.2 Å². The molecule has 0 aliphatic heterocycles. The first-order chi connectivity index (χ1) is 13.9. The number of benzene rings is 2. The van der Waals surface area contributed by atoms with Crippen molar-refractivity contribution in [1.82, 2.24) is 9.97 Å². The lowest BCUT2D eigenvalue weighted by atomic mass is 9.69. The quantitative estimate of drug-likeness (QED) is 0.546. The lowest BCUT2D eigenvalue weighted by molar-refractivity contribution is -0.274. The average Bonchev–Trinajstić information content (AvgIpc) is 2.66. The molecule has 1 N–H and O–H groups in total. The van der Waals surface area contributed by atoms with Gasteiger partial charge in [-0.05, 0) is 34.7 Å². The number of rotatable bonds is 4. The molecule has 1 heterocycles. The van der Waals surface area contributed by atoms with E-state index in [4.69, 9.17) is 11.6 Å². The van der Waals surface area contributed by atoms with Gasteiger partial charge in [-0.15, -0.1) is 13.2 Å². The van der Waals surface area contributed by atoms with E-state index in [0.29, 0.717) is 27.3 Å². The molecule has 0 aliphatic carbocycles. The van der Waals surface area contributed by atoms with Crippen LogP contribution in [0, 0.1) is 5.41 Å². The molecule has 8 heteroatoms. The van der Waals surface area contributed by atoms with E-state index in [1.807, 2.05) is 20.8 Å². The van der Waals surface area contributed by atoms with Gasteiger partial charge >= 0.3 is 6.36 Å². The molecule has 4 nitrogen and oxygen atoms in total. The predicted octanol–water partition coefficient (Wildman–Crippen LogP) is 5.98. The van der Waals surface area contributed by atoms with Crippen LogP contribution in [0.25, 0.3) is 11.1 Å². The summed E-state index contributed by atoms with van der Waals surface area (Å²) in [6.45, 7) is 5.64. The van der Waals surface area contributed by atoms with Crippen LogP contribution in [-0.2, 0) is 5.60 Å². The summed E-state index contributed by atoms with van der Waals surface area (Å²) in [5, 5.41) is 12.0. The third-order valence-corrected chi connectivity index (χ3v) is 5.16. The highest BCUT2D eigenvalue weighted by atomic mass is 35.5. The van der Waals surface area contributed by atoms with Crippen molar-refractivity contribution in [1.29, 1.82) is 0 Å². The fourth-order valence-electron chi connectivity index (χ4n) is 3.32. The maximum absolute atomic E-state index is 12.3. The fraction of sp³-hybridized carbons (Fsp3) is 0.273. The molecule has 3 rings (SSSR count). The summed E-state index contributed by atoms with van der Waals surface area (Å²) in [6, 6.07) is 10.6. The second-order valence-corrected chi connectivity index (χ2v) is 8.26. The maximum atomic E-state index is 12.3. The van der Waals surface area contributed by atoms with Crippen molar-refractivity contribution in [2.75, 3.05) is 0 Å². The Labute approximate surface area is 177 Å². The minimum Gasteiger partial charge on any atom is -0.406 e. The molecule has 0 radical (unpaired) electrons. The first kappa shape index (κ1) is 22.1. The zero-order valence-electron chi connectivity index (χ0n) is 16.5. The molecule has 3 aromatic rings. The van der Waals surface area contributed by atoms with Crippen LogP contribution in [-0.4, -0.2) is 21.4 Å². The average molecular weight is 437 g/mol. The van der Waals surface area contributed by atoms with Crippen molar-refractivity contribution in [3.05, 3.63) is 77.3 Å². The van der Waals surface area contributed by atoms with Gasteiger partial charge in [0.25, 0.3) is 0 Å². The van der Waals surface area contributed by atoms with Crippen molar-refractivity contribution < 1.29 is 23.0 Å². The van der Waals surface area contributed by atoms with Crippen LogP contribution in [0.3, 0.4) is 0 Å². The number of nitrogens with zero attached hydrogens (tertiary/aromatic N) is 2. The Morgan fingerprint density at radius 3 is 1.97 bits per heavy atom. The van der Waals surface area contributed by atoms with E-state index in [0.717, 1.165) is 0 Å². The smallest absolute Gasteiger partial charge is 0.406 e. The van der Waals surface area contributed by atoms with Crippen molar-refractivity contribution in [2.24, 2.45) is 5.41 Å². The van der Waals surface area contributed by atoms with E-state index in [2.05, 4.69) is 14.7 Å². The van der Waals surface area contributed by atoms with Crippen LogP contribution in [0.15, 0.2) is 61.2 Å². The van der Waals surface area contributed by atoms with E-state index >= 15 is 0 Å². The van der Waals surface area contributed by atoms with Gasteiger partial charge in [0.05, 0.1) is 0 Å². The van der Waals surface area contributed by atoms with Gasteiger partial charge in [-0.1, -0.05) is 56.6 Å². The van der Waals surface area contributed by atoms with Gasteiger partial charge in [0.1, 0.15) is 17.7 Å². The number of hydrogen-bond donors (Lipinski definition) is 1. The Kier molecular flexibility index (Phi) is 5.80. The van der Waals surface area contributed by atoms with Gasteiger partial charge < -0.3 is 9.84 Å². The second-order valence-electron chi connectivity index (χ2n) is 7.85. The number of hydrogen-bond acceptors (Lipinski definition) is 4. The summed E-state index contributed by atoms with van der Waals surface area (Å²) >= 11 is 6.56. The molecule has 0 amide bonds. The summed E-state index contributed by atoms with van der Waals surface area (Å²) < 4.78 is 40.9. The molecule has 0 fully saturated rings. The summed E-state index contributed by atoms with van der Waals surface area (Å²) in [7, 11) is 0. The summed E-state index contributed by atoms with van der Waals surface area (Å²) in [5.41, 5.74) is 0.213. The summed E-state index contributed by atoms with van der Waals surface area (Å²) in [6.07, 6.45) is -0.280. The number of aromatic nitrogens is 2. The van der Waals surface area contributed by atoms with Crippen molar-refractivity contribution in [3.8, 4) is 16.9 Å². The molecule has 1 aromatic heterocycles. The van der Waals surface area contributed by atoms with Crippen LogP contribution in [0.4, 0.5) is 13.2 Å². The number of aliphatic hydroxyl groups is 1. The van der Waals surface area contributed by atoms with Crippen LogP contribution < -0.4 is 4.74 Å². The normalized spacial score (nSPS) is 14.3. The van der Waals surface area contributed by atoms with Gasteiger partial charge in [0.2, 0.25) is 0 Å². The van der Waals surface area contributed by atoms with Crippen LogP contribution in [0.1, 0.15) is 31.9 Å². The van der Waals surface area contributed by atoms with Gasteiger partial charge in [0, 0.05) is 28.5 Å². The molecule has 2 aromatic carbocycles. The van der Waals surface area contributed by atoms with E-state index in [1.165, 1.54) is 30.6 Å². The Hall–Kier alpha value is -2.64. The third-order valence-electron chi connectivity index (χ3n) is 4.84. The van der Waals surface area contributed by atoms with Gasteiger partial charge in [-0.3, -0.25) is 0 Å². The monoisotopic (exact) mass is 436 g/mol. The first-order valence-corrected chi connectivity index (χ1v) is 9.44. The zero-order valence-corrected chi connectivity index (χ0v) is 17.3. The summed E-state index contributed by atoms with van der Waals surface area (Å²) in [4.78, 5) is 8.02. The maximum Gasteiger partial charge on any atom is 0.573 e. The lowest BCUT2D eigenvalue weighted by Gasteiger charge is -2.41. The van der Waals surface area contributed by atoms with E-state index in [-0.39, 0.29) is 5.75 Å². The molecule has 0 bridgehead atoms. The largest absolute Gasteiger partial charge is 0.573 e. The SMILES string of the molecule is CC(C)(C)C(O)(c1cncnc1)c1ccc(-c2ccc(OC(F)(F)F)cc2)cc1Cl. The first-order valence-electron chi connectivity index (χ1n) is 9.06. The Morgan fingerprint density at radius 2 is 1.47 bits per heavy atom. The van der Waals surface area contributed by atoms with Crippen LogP contribution in [0.5, 0.6) is 5.75 Å². The molecular formula is C22H20ClF3N2O2. The molecule has 1 unspecified atom stereocenters. The van der Waals surface area contributed by atoms with E-state index in [9.17, 15) is 18.3 Å². The van der Waals surface area contributed by atoms with E-state index < -0.39 is 17.4 Å². The highest BCUT2D eigenvalue weighted by Gasteiger charge is 2.45. The highest BCUT2D eigenvalue weighted by Crippen LogP contribution is 2.47. The molecule has 0 saturated carbocycles. The molecule has 0 aliphatic rings. The van der Waals surface area contributed by atoms with Gasteiger partial charge in [0.15, 0.2) is 0 Å². The molecule has 1 atom stereocenters. The molecule has 158 valence electrons. The fourth-order valence-corrected chi connectivity index (χ4v) is 3.63. The van der Waals surface area contributed by atoms with Crippen molar-refractivity contribution in [2.45, 2.75) is 32.7 Å². The molecule has 0 spiro atoms. The number of ether oxygens (including phenoxy) is 1. The van der Waals surface area contributed by atoms with Crippen LogP contribution in [0.2, 0.25) is 5.02 Å².